The third-order valence-corrected chi connectivity index (χ3v) is 7.57. The summed E-state index contributed by atoms with van der Waals surface area (Å²) >= 11 is 1.37. The Morgan fingerprint density at radius 2 is 2.07 bits per heavy atom. The number of esters is 1. The molecule has 8 nitrogen and oxygen atoms in total. The molecule has 0 bridgehead atoms. The Kier molecular flexibility index (Phi) is 5.10. The molecule has 1 saturated carbocycles. The smallest absolute Gasteiger partial charge is 0.341 e. The number of ether oxygens (including phenoxy) is 1. The Morgan fingerprint density at radius 1 is 1.28 bits per heavy atom. The van der Waals surface area contributed by atoms with Gasteiger partial charge in [0.15, 0.2) is 0 Å². The second-order valence-electron chi connectivity index (χ2n) is 8.04. The van der Waals surface area contributed by atoms with Gasteiger partial charge >= 0.3 is 12.0 Å². The average molecular weight is 420 g/mol. The maximum absolute atomic E-state index is 13.0. The predicted octanol–water partition coefficient (Wildman–Crippen LogP) is 2.46. The molecule has 1 aromatic rings. The molecule has 0 unspecified atom stereocenters. The van der Waals surface area contributed by atoms with Crippen LogP contribution < -0.4 is 10.6 Å². The highest BCUT2D eigenvalue weighted by Gasteiger charge is 2.55. The lowest BCUT2D eigenvalue weighted by Crippen LogP contribution is -2.54. The van der Waals surface area contributed by atoms with Crippen molar-refractivity contribution in [3.05, 3.63) is 16.0 Å². The molecule has 2 atom stereocenters. The van der Waals surface area contributed by atoms with Crippen LogP contribution in [0.3, 0.4) is 0 Å². The van der Waals surface area contributed by atoms with E-state index in [1.807, 2.05) is 6.92 Å². The van der Waals surface area contributed by atoms with Crippen LogP contribution in [0.25, 0.3) is 0 Å². The number of nitrogens with zero attached hydrogens (tertiary/aromatic N) is 1. The molecule has 0 aromatic carbocycles. The minimum absolute atomic E-state index is 0.0342. The van der Waals surface area contributed by atoms with Crippen molar-refractivity contribution >= 4 is 40.2 Å². The van der Waals surface area contributed by atoms with E-state index in [0.29, 0.717) is 17.0 Å². The molecule has 156 valence electrons. The number of imide groups is 1. The van der Waals surface area contributed by atoms with Gasteiger partial charge < -0.3 is 15.4 Å². The molecule has 1 aliphatic heterocycles. The first-order chi connectivity index (χ1) is 13.9. The van der Waals surface area contributed by atoms with Gasteiger partial charge in [0.25, 0.3) is 5.91 Å². The topological polar surface area (TPSA) is 105 Å². The van der Waals surface area contributed by atoms with Crippen LogP contribution in [0.15, 0.2) is 0 Å². The molecule has 1 aromatic heterocycles. The maximum Gasteiger partial charge on any atom is 0.341 e. The van der Waals surface area contributed by atoms with Crippen LogP contribution >= 0.6 is 11.3 Å². The van der Waals surface area contributed by atoms with Crippen molar-refractivity contribution in [1.29, 1.82) is 0 Å². The average Bonchev–Trinajstić information content (AvgIpc) is 3.33. The Morgan fingerprint density at radius 3 is 2.79 bits per heavy atom. The number of hydrogen-bond acceptors (Lipinski definition) is 6. The maximum atomic E-state index is 13.0. The summed E-state index contributed by atoms with van der Waals surface area (Å²) < 4.78 is 4.88. The van der Waals surface area contributed by atoms with Crippen molar-refractivity contribution < 1.29 is 23.9 Å². The van der Waals surface area contributed by atoms with E-state index in [9.17, 15) is 19.2 Å². The van der Waals surface area contributed by atoms with Crippen LogP contribution in [-0.4, -0.2) is 47.9 Å². The molecule has 4 amide bonds. The number of hydrogen-bond donors (Lipinski definition) is 2. The summed E-state index contributed by atoms with van der Waals surface area (Å²) in [6.45, 7) is 1.60. The predicted molar refractivity (Wildman–Crippen MR) is 107 cm³/mol. The minimum atomic E-state index is -0.892. The van der Waals surface area contributed by atoms with Gasteiger partial charge in [0.2, 0.25) is 5.91 Å². The highest BCUT2D eigenvalue weighted by Crippen LogP contribution is 2.40. The summed E-state index contributed by atoms with van der Waals surface area (Å²) in [5.74, 6) is -1.28. The van der Waals surface area contributed by atoms with E-state index in [1.165, 1.54) is 18.4 Å². The van der Waals surface area contributed by atoms with Crippen molar-refractivity contribution in [2.45, 2.75) is 57.4 Å². The fourth-order valence-electron chi connectivity index (χ4n) is 4.76. The number of nitrogens with one attached hydrogen (secondary N) is 2. The van der Waals surface area contributed by atoms with E-state index in [4.69, 9.17) is 4.74 Å². The second kappa shape index (κ2) is 7.44. The summed E-state index contributed by atoms with van der Waals surface area (Å²) in [4.78, 5) is 52.5. The van der Waals surface area contributed by atoms with Crippen LogP contribution in [0, 0.1) is 5.92 Å². The van der Waals surface area contributed by atoms with E-state index in [2.05, 4.69) is 10.6 Å². The normalized spacial score (nSPS) is 25.9. The summed E-state index contributed by atoms with van der Waals surface area (Å²) in [6.07, 6.45) is 6.00. The molecule has 2 N–H and O–H groups in total. The number of urea groups is 1. The van der Waals surface area contributed by atoms with Gasteiger partial charge in [-0.05, 0) is 43.6 Å². The fourth-order valence-corrected chi connectivity index (χ4v) is 6.05. The zero-order valence-corrected chi connectivity index (χ0v) is 17.4. The minimum Gasteiger partial charge on any atom is -0.465 e. The van der Waals surface area contributed by atoms with Crippen molar-refractivity contribution in [2.75, 3.05) is 19.0 Å². The number of carbonyl (C=O) groups excluding carboxylic acids is 4. The molecule has 2 heterocycles. The van der Waals surface area contributed by atoms with Gasteiger partial charge in [-0.3, -0.25) is 14.5 Å². The quantitative estimate of drug-likeness (QED) is 0.576. The van der Waals surface area contributed by atoms with Crippen LogP contribution in [0.2, 0.25) is 0 Å². The number of carbonyl (C=O) groups is 4. The van der Waals surface area contributed by atoms with Crippen LogP contribution in [-0.2, 0) is 27.2 Å². The molecule has 2 aliphatic carbocycles. The highest BCUT2D eigenvalue weighted by molar-refractivity contribution is 7.17. The second-order valence-corrected chi connectivity index (χ2v) is 9.15. The van der Waals surface area contributed by atoms with E-state index in [-0.39, 0.29) is 18.4 Å². The van der Waals surface area contributed by atoms with Gasteiger partial charge in [0.1, 0.15) is 17.1 Å². The Bertz CT molecular complexity index is 895. The van der Waals surface area contributed by atoms with Crippen molar-refractivity contribution in [3.63, 3.8) is 0 Å². The molecule has 4 rings (SSSR count). The molecule has 1 saturated heterocycles. The summed E-state index contributed by atoms with van der Waals surface area (Å²) in [6, 6.07) is -0.527. The van der Waals surface area contributed by atoms with Gasteiger partial charge in [-0.1, -0.05) is 19.8 Å². The zero-order chi connectivity index (χ0) is 20.8. The number of thiophene rings is 1. The van der Waals surface area contributed by atoms with Gasteiger partial charge in [0, 0.05) is 4.88 Å². The summed E-state index contributed by atoms with van der Waals surface area (Å²) in [5, 5.41) is 6.00. The third-order valence-electron chi connectivity index (χ3n) is 6.37. The Balaban J connectivity index is 1.50. The molecule has 0 radical (unpaired) electrons. The van der Waals surface area contributed by atoms with Gasteiger partial charge in [-0.25, -0.2) is 9.59 Å². The van der Waals surface area contributed by atoms with Crippen molar-refractivity contribution in [2.24, 2.45) is 5.92 Å². The Hall–Kier alpha value is -2.42. The number of methoxy groups -OCH3 is 1. The number of rotatable bonds is 4. The standard InChI is InChI=1S/C20H25N3O5S/c1-11-6-3-4-9-20(11)18(26)23(19(27)22-20)10-14(24)21-16-15(17(25)28-2)12-7-5-8-13(12)29-16/h11H,3-10H2,1-2H3,(H,21,24)(H,22,27)/t11-,20+/m1/s1. The van der Waals surface area contributed by atoms with Crippen molar-refractivity contribution in [1.82, 2.24) is 10.2 Å². The first-order valence-corrected chi connectivity index (χ1v) is 10.9. The van der Waals surface area contributed by atoms with Gasteiger partial charge in [-0.2, -0.15) is 0 Å². The number of amides is 4. The summed E-state index contributed by atoms with van der Waals surface area (Å²) in [7, 11) is 1.31. The van der Waals surface area contributed by atoms with Gasteiger partial charge in [0.05, 0.1) is 12.7 Å². The molecular weight excluding hydrogens is 394 g/mol. The first-order valence-electron chi connectivity index (χ1n) is 10.0. The molecular formula is C20H25N3O5S. The third kappa shape index (κ3) is 3.21. The SMILES string of the molecule is COC(=O)c1c(NC(=O)CN2C(=O)N[C@]3(CCCC[C@H]3C)C2=O)sc2c1CCC2. The number of anilines is 1. The lowest BCUT2D eigenvalue weighted by molar-refractivity contribution is -0.136. The van der Waals surface area contributed by atoms with E-state index in [1.54, 1.807) is 0 Å². The first kappa shape index (κ1) is 19.9. The number of fused-ring (bicyclic) bond motifs is 1. The highest BCUT2D eigenvalue weighted by atomic mass is 32.1. The monoisotopic (exact) mass is 419 g/mol. The van der Waals surface area contributed by atoms with E-state index < -0.39 is 23.4 Å². The lowest BCUT2D eigenvalue weighted by atomic mass is 9.73. The zero-order valence-electron chi connectivity index (χ0n) is 16.6. The molecule has 3 aliphatic rings. The van der Waals surface area contributed by atoms with E-state index >= 15 is 0 Å². The lowest BCUT2D eigenvalue weighted by Gasteiger charge is -2.36. The molecule has 2 fully saturated rings. The molecule has 9 heteroatoms. The molecule has 29 heavy (non-hydrogen) atoms. The van der Waals surface area contributed by atoms with Crippen LogP contribution in [0.1, 0.15) is 59.8 Å². The Labute approximate surface area is 173 Å². The van der Waals surface area contributed by atoms with Crippen LogP contribution in [0.4, 0.5) is 9.80 Å². The van der Waals surface area contributed by atoms with Crippen molar-refractivity contribution in [3.8, 4) is 0 Å². The summed E-state index contributed by atoms with van der Waals surface area (Å²) in [5.41, 5.74) is 0.437. The largest absolute Gasteiger partial charge is 0.465 e. The van der Waals surface area contributed by atoms with Crippen LogP contribution in [0.5, 0.6) is 0 Å². The van der Waals surface area contributed by atoms with Gasteiger partial charge in [-0.15, -0.1) is 11.3 Å². The number of aryl methyl sites for hydroxylation is 1. The fraction of sp³-hybridized carbons (Fsp3) is 0.600. The van der Waals surface area contributed by atoms with E-state index in [0.717, 1.165) is 53.9 Å². The molecule has 1 spiro atoms.